The van der Waals surface area contributed by atoms with E-state index in [1.165, 1.54) is 0 Å². The molecule has 6 heteroatoms. The van der Waals surface area contributed by atoms with Crippen LogP contribution in [0.4, 0.5) is 0 Å². The molecule has 0 fully saturated rings. The van der Waals surface area contributed by atoms with Crippen LogP contribution in [-0.2, 0) is 13.1 Å². The number of nitrogens with zero attached hydrogens (tertiary/aromatic N) is 3. The second-order valence-corrected chi connectivity index (χ2v) is 5.98. The molecule has 0 N–H and O–H groups in total. The van der Waals surface area contributed by atoms with Gasteiger partial charge in [-0.05, 0) is 49.0 Å². The first-order chi connectivity index (χ1) is 11.6. The molecule has 0 saturated heterocycles. The Kier molecular flexibility index (Phi) is 5.13. The average Bonchev–Trinajstić information content (AvgIpc) is 3.03. The third-order valence-corrected chi connectivity index (χ3v) is 3.79. The molecule has 0 bridgehead atoms. The summed E-state index contributed by atoms with van der Waals surface area (Å²) in [4.78, 5) is 6.55. The maximum absolute atomic E-state index is 6.01. The van der Waals surface area contributed by atoms with E-state index in [1.807, 2.05) is 55.6 Å². The first-order valence-corrected chi connectivity index (χ1v) is 7.92. The van der Waals surface area contributed by atoms with E-state index in [1.54, 1.807) is 7.11 Å². The van der Waals surface area contributed by atoms with Crippen molar-refractivity contribution in [3.63, 3.8) is 0 Å². The number of methoxy groups -OCH3 is 1. The second-order valence-electron chi connectivity index (χ2n) is 5.55. The number of hydrogen-bond acceptors (Lipinski definition) is 5. The number of benzene rings is 2. The third-order valence-electron chi connectivity index (χ3n) is 3.56. The summed E-state index contributed by atoms with van der Waals surface area (Å²) in [5.74, 6) is 1.94. The number of aromatic nitrogens is 2. The van der Waals surface area contributed by atoms with E-state index in [9.17, 15) is 0 Å². The van der Waals surface area contributed by atoms with Gasteiger partial charge in [-0.1, -0.05) is 28.9 Å². The van der Waals surface area contributed by atoms with Gasteiger partial charge in [0.2, 0.25) is 0 Å². The van der Waals surface area contributed by atoms with Gasteiger partial charge in [0.1, 0.15) is 5.75 Å². The first-order valence-electron chi connectivity index (χ1n) is 7.54. The Labute approximate surface area is 145 Å². The molecular weight excluding hydrogens is 326 g/mol. The molecule has 1 heterocycles. The van der Waals surface area contributed by atoms with Crippen molar-refractivity contribution in [3.05, 3.63) is 64.9 Å². The van der Waals surface area contributed by atoms with E-state index in [-0.39, 0.29) is 0 Å². The molecule has 5 nitrogen and oxygen atoms in total. The fourth-order valence-electron chi connectivity index (χ4n) is 2.41. The molecule has 0 aliphatic heterocycles. The van der Waals surface area contributed by atoms with Gasteiger partial charge in [0, 0.05) is 17.1 Å². The molecule has 3 rings (SSSR count). The van der Waals surface area contributed by atoms with Crippen molar-refractivity contribution in [2.75, 3.05) is 14.2 Å². The van der Waals surface area contributed by atoms with Gasteiger partial charge in [-0.25, -0.2) is 0 Å². The molecule has 0 radical (unpaired) electrons. The predicted octanol–water partition coefficient (Wildman–Crippen LogP) is 4.03. The molecule has 124 valence electrons. The highest BCUT2D eigenvalue weighted by Gasteiger charge is 2.11. The average molecular weight is 344 g/mol. The third kappa shape index (κ3) is 4.13. The topological polar surface area (TPSA) is 51.4 Å². The van der Waals surface area contributed by atoms with Crippen LogP contribution in [0.2, 0.25) is 5.02 Å². The molecule has 0 aliphatic rings. The van der Waals surface area contributed by atoms with E-state index < -0.39 is 0 Å². The number of halogens is 1. The molecule has 0 unspecified atom stereocenters. The lowest BCUT2D eigenvalue weighted by Crippen LogP contribution is -2.18. The molecule has 0 saturated carbocycles. The van der Waals surface area contributed by atoms with Crippen LogP contribution in [0.25, 0.3) is 11.5 Å². The van der Waals surface area contributed by atoms with Crippen LogP contribution in [0.3, 0.4) is 0 Å². The van der Waals surface area contributed by atoms with Crippen molar-refractivity contribution in [2.24, 2.45) is 0 Å². The summed E-state index contributed by atoms with van der Waals surface area (Å²) in [6.07, 6.45) is 0. The van der Waals surface area contributed by atoms with Crippen LogP contribution in [-0.4, -0.2) is 29.2 Å². The van der Waals surface area contributed by atoms with Gasteiger partial charge < -0.3 is 9.26 Å². The van der Waals surface area contributed by atoms with Gasteiger partial charge in [0.05, 0.1) is 13.7 Å². The molecule has 0 atom stereocenters. The fourth-order valence-corrected chi connectivity index (χ4v) is 2.63. The maximum atomic E-state index is 6.01. The summed E-state index contributed by atoms with van der Waals surface area (Å²) in [5, 5.41) is 4.79. The largest absolute Gasteiger partial charge is 0.497 e. The summed E-state index contributed by atoms with van der Waals surface area (Å²) >= 11 is 6.01. The molecule has 24 heavy (non-hydrogen) atoms. The van der Waals surface area contributed by atoms with E-state index in [0.29, 0.717) is 18.3 Å². The Morgan fingerprint density at radius 3 is 2.62 bits per heavy atom. The number of ether oxygens (including phenoxy) is 1. The van der Waals surface area contributed by atoms with Crippen molar-refractivity contribution < 1.29 is 9.26 Å². The molecular formula is C18H18ClN3O2. The highest BCUT2D eigenvalue weighted by molar-refractivity contribution is 6.30. The minimum atomic E-state index is 0.504. The fraction of sp³-hybridized carbons (Fsp3) is 0.222. The Balaban J connectivity index is 1.64. The van der Waals surface area contributed by atoms with Crippen molar-refractivity contribution in [2.45, 2.75) is 13.1 Å². The van der Waals surface area contributed by atoms with Crippen LogP contribution in [0, 0.1) is 0 Å². The predicted molar refractivity (Wildman–Crippen MR) is 92.9 cm³/mol. The Hall–Kier alpha value is -2.37. The van der Waals surface area contributed by atoms with Gasteiger partial charge in [-0.2, -0.15) is 4.98 Å². The quantitative estimate of drug-likeness (QED) is 0.676. The van der Waals surface area contributed by atoms with Gasteiger partial charge in [0.25, 0.3) is 5.89 Å². The SMILES string of the molecule is COc1ccc(-c2nc(CN(C)Cc3cccc(Cl)c3)no2)cc1. The van der Waals surface area contributed by atoms with Gasteiger partial charge in [-0.3, -0.25) is 4.90 Å². The monoisotopic (exact) mass is 343 g/mol. The van der Waals surface area contributed by atoms with Crippen LogP contribution in [0.1, 0.15) is 11.4 Å². The van der Waals surface area contributed by atoms with E-state index in [2.05, 4.69) is 15.0 Å². The summed E-state index contributed by atoms with van der Waals surface area (Å²) in [6.45, 7) is 1.35. The zero-order valence-electron chi connectivity index (χ0n) is 13.6. The normalized spacial score (nSPS) is 11.0. The Morgan fingerprint density at radius 2 is 1.92 bits per heavy atom. The molecule has 0 aliphatic carbocycles. The number of rotatable bonds is 6. The lowest BCUT2D eigenvalue weighted by Gasteiger charge is -2.14. The van der Waals surface area contributed by atoms with Gasteiger partial charge >= 0.3 is 0 Å². The van der Waals surface area contributed by atoms with E-state index in [0.717, 1.165) is 28.4 Å². The number of hydrogen-bond donors (Lipinski definition) is 0. The smallest absolute Gasteiger partial charge is 0.257 e. The van der Waals surface area contributed by atoms with Gasteiger partial charge in [0.15, 0.2) is 5.82 Å². The van der Waals surface area contributed by atoms with Crippen LogP contribution >= 0.6 is 11.6 Å². The molecule has 0 spiro atoms. The first kappa shape index (κ1) is 16.5. The van der Waals surface area contributed by atoms with Crippen molar-refractivity contribution in [3.8, 4) is 17.2 Å². The molecule has 3 aromatic rings. The lowest BCUT2D eigenvalue weighted by atomic mass is 10.2. The maximum Gasteiger partial charge on any atom is 0.257 e. The van der Waals surface area contributed by atoms with E-state index in [4.69, 9.17) is 20.9 Å². The van der Waals surface area contributed by atoms with E-state index >= 15 is 0 Å². The van der Waals surface area contributed by atoms with Crippen molar-refractivity contribution in [1.29, 1.82) is 0 Å². The zero-order chi connectivity index (χ0) is 16.9. The minimum absolute atomic E-state index is 0.504. The molecule has 1 aromatic heterocycles. The Bertz CT molecular complexity index is 802. The van der Waals surface area contributed by atoms with Crippen LogP contribution in [0.5, 0.6) is 5.75 Å². The summed E-state index contributed by atoms with van der Waals surface area (Å²) in [5.41, 5.74) is 2.01. The Morgan fingerprint density at radius 1 is 1.12 bits per heavy atom. The zero-order valence-corrected chi connectivity index (χ0v) is 14.3. The van der Waals surface area contributed by atoms with Crippen molar-refractivity contribution >= 4 is 11.6 Å². The summed E-state index contributed by atoms with van der Waals surface area (Å²) in [7, 11) is 3.64. The second kappa shape index (κ2) is 7.47. The summed E-state index contributed by atoms with van der Waals surface area (Å²) < 4.78 is 10.5. The summed E-state index contributed by atoms with van der Waals surface area (Å²) in [6, 6.07) is 15.3. The molecule has 2 aromatic carbocycles. The van der Waals surface area contributed by atoms with Crippen LogP contribution < -0.4 is 4.74 Å². The standard InChI is InChI=1S/C18H18ClN3O2/c1-22(11-13-4-3-5-15(19)10-13)12-17-20-18(24-21-17)14-6-8-16(23-2)9-7-14/h3-10H,11-12H2,1-2H3. The van der Waals surface area contributed by atoms with Crippen molar-refractivity contribution in [1.82, 2.24) is 15.0 Å². The lowest BCUT2D eigenvalue weighted by molar-refractivity contribution is 0.302. The molecule has 0 amide bonds. The highest BCUT2D eigenvalue weighted by Crippen LogP contribution is 2.21. The van der Waals surface area contributed by atoms with Crippen LogP contribution in [0.15, 0.2) is 53.1 Å². The highest BCUT2D eigenvalue weighted by atomic mass is 35.5. The van der Waals surface area contributed by atoms with Gasteiger partial charge in [-0.15, -0.1) is 0 Å². The minimum Gasteiger partial charge on any atom is -0.497 e.